The molecule has 0 aromatic carbocycles. The van der Waals surface area contributed by atoms with Gasteiger partial charge in [-0.25, -0.2) is 10.8 Å². The number of hydrogen-bond acceptors (Lipinski definition) is 7. The molecule has 1 unspecified atom stereocenters. The lowest BCUT2D eigenvalue weighted by Crippen LogP contribution is -2.19. The molecule has 0 aliphatic heterocycles. The normalized spacial score (nSPS) is 12.7. The lowest BCUT2D eigenvalue weighted by Gasteiger charge is -2.13. The van der Waals surface area contributed by atoms with Gasteiger partial charge in [-0.3, -0.25) is 5.43 Å². The van der Waals surface area contributed by atoms with Gasteiger partial charge in [0.05, 0.1) is 12.0 Å². The number of rotatable bonds is 5. The number of fused-ring (bicyclic) bond motifs is 1. The summed E-state index contributed by atoms with van der Waals surface area (Å²) in [5.41, 5.74) is 2.45. The second kappa shape index (κ2) is 5.47. The molecule has 6 nitrogen and oxygen atoms in total. The zero-order valence-electron chi connectivity index (χ0n) is 10.6. The lowest BCUT2D eigenvalue weighted by molar-refractivity contribution is 0.0902. The van der Waals surface area contributed by atoms with Crippen molar-refractivity contribution in [3.8, 4) is 5.88 Å². The number of hydrogen-bond donors (Lipinski definition) is 2. The zero-order valence-corrected chi connectivity index (χ0v) is 11.4. The van der Waals surface area contributed by atoms with E-state index >= 15 is 0 Å². The summed E-state index contributed by atoms with van der Waals surface area (Å²) in [5.74, 6) is 6.24. The van der Waals surface area contributed by atoms with E-state index in [1.165, 1.54) is 0 Å². The molecule has 3 N–H and O–H groups in total. The summed E-state index contributed by atoms with van der Waals surface area (Å²) in [6, 6.07) is 2.01. The van der Waals surface area contributed by atoms with Crippen molar-refractivity contribution < 1.29 is 9.47 Å². The first-order valence-electron chi connectivity index (χ1n) is 5.54. The van der Waals surface area contributed by atoms with E-state index in [9.17, 15) is 0 Å². The Hall–Kier alpha value is -1.44. The van der Waals surface area contributed by atoms with Gasteiger partial charge in [-0.2, -0.15) is 4.98 Å². The van der Waals surface area contributed by atoms with Gasteiger partial charge in [-0.15, -0.1) is 11.3 Å². The molecule has 0 saturated carbocycles. The Bertz CT molecular complexity index is 543. The topological polar surface area (TPSA) is 82.3 Å². The first-order chi connectivity index (χ1) is 8.63. The molecule has 18 heavy (non-hydrogen) atoms. The van der Waals surface area contributed by atoms with Gasteiger partial charge in [0, 0.05) is 12.0 Å². The number of nitrogens with one attached hydrogen (secondary N) is 1. The Balaban J connectivity index is 2.40. The molecular weight excluding hydrogens is 252 g/mol. The van der Waals surface area contributed by atoms with E-state index in [2.05, 4.69) is 15.4 Å². The van der Waals surface area contributed by atoms with Crippen LogP contribution in [-0.4, -0.2) is 29.8 Å². The fourth-order valence-electron chi connectivity index (χ4n) is 1.63. The summed E-state index contributed by atoms with van der Waals surface area (Å²) in [6.07, 6.45) is -0.0843. The quantitative estimate of drug-likeness (QED) is 0.634. The number of methoxy groups -OCH3 is 1. The van der Waals surface area contributed by atoms with Gasteiger partial charge in [-0.1, -0.05) is 0 Å². The molecule has 2 rings (SSSR count). The monoisotopic (exact) mass is 268 g/mol. The standard InChI is InChI=1S/C11H16N4O2S/c1-6(5-16-3)17-9-8-4-7(2)18-10(8)14-11(13-9)15-12/h4,6H,5,12H2,1-3H3,(H,13,14,15). The van der Waals surface area contributed by atoms with Crippen LogP contribution in [0.4, 0.5) is 5.95 Å². The van der Waals surface area contributed by atoms with Crippen molar-refractivity contribution in [1.29, 1.82) is 0 Å². The third-order valence-electron chi connectivity index (χ3n) is 2.32. The molecular formula is C11H16N4O2S. The first kappa shape index (κ1) is 13.0. The van der Waals surface area contributed by atoms with Crippen LogP contribution < -0.4 is 16.0 Å². The van der Waals surface area contributed by atoms with Crippen molar-refractivity contribution in [3.05, 3.63) is 10.9 Å². The maximum atomic E-state index is 5.76. The van der Waals surface area contributed by atoms with Gasteiger partial charge in [0.1, 0.15) is 10.9 Å². The number of anilines is 1. The van der Waals surface area contributed by atoms with E-state index < -0.39 is 0 Å². The highest BCUT2D eigenvalue weighted by atomic mass is 32.1. The molecule has 0 bridgehead atoms. The number of hydrazine groups is 1. The van der Waals surface area contributed by atoms with E-state index in [1.807, 2.05) is 19.9 Å². The third-order valence-corrected chi connectivity index (χ3v) is 3.27. The molecule has 0 saturated heterocycles. The second-order valence-corrected chi connectivity index (χ2v) is 5.19. The fourth-order valence-corrected chi connectivity index (χ4v) is 2.50. The molecule has 0 aliphatic rings. The Morgan fingerprint density at radius 3 is 2.94 bits per heavy atom. The van der Waals surface area contributed by atoms with Crippen LogP contribution in [0.5, 0.6) is 5.88 Å². The molecule has 0 amide bonds. The summed E-state index contributed by atoms with van der Waals surface area (Å²) in [7, 11) is 1.64. The molecule has 1 atom stereocenters. The summed E-state index contributed by atoms with van der Waals surface area (Å²) in [4.78, 5) is 10.5. The van der Waals surface area contributed by atoms with Gasteiger partial charge in [-0.05, 0) is 19.9 Å². The summed E-state index contributed by atoms with van der Waals surface area (Å²) >= 11 is 1.58. The highest BCUT2D eigenvalue weighted by Gasteiger charge is 2.13. The minimum atomic E-state index is -0.0843. The SMILES string of the molecule is COCC(C)Oc1nc(NN)nc2sc(C)cc12. The van der Waals surface area contributed by atoms with Gasteiger partial charge >= 0.3 is 0 Å². The Morgan fingerprint density at radius 1 is 1.50 bits per heavy atom. The van der Waals surface area contributed by atoms with Crippen molar-refractivity contribution in [2.45, 2.75) is 20.0 Å². The van der Waals surface area contributed by atoms with E-state index in [1.54, 1.807) is 18.4 Å². The minimum absolute atomic E-state index is 0.0843. The van der Waals surface area contributed by atoms with E-state index in [4.69, 9.17) is 15.3 Å². The van der Waals surface area contributed by atoms with E-state index in [0.717, 1.165) is 15.1 Å². The van der Waals surface area contributed by atoms with Crippen molar-refractivity contribution >= 4 is 27.5 Å². The Labute approximate surface area is 109 Å². The molecule has 0 radical (unpaired) electrons. The van der Waals surface area contributed by atoms with Crippen LogP contribution in [0.2, 0.25) is 0 Å². The van der Waals surface area contributed by atoms with E-state index in [-0.39, 0.29) is 6.10 Å². The van der Waals surface area contributed by atoms with Crippen LogP contribution in [0.3, 0.4) is 0 Å². The number of ether oxygens (including phenoxy) is 2. The number of nitrogens with zero attached hydrogens (tertiary/aromatic N) is 2. The lowest BCUT2D eigenvalue weighted by atomic mass is 10.3. The van der Waals surface area contributed by atoms with Crippen LogP contribution in [0.1, 0.15) is 11.8 Å². The van der Waals surface area contributed by atoms with Gasteiger partial charge < -0.3 is 9.47 Å². The molecule has 0 aliphatic carbocycles. The highest BCUT2D eigenvalue weighted by Crippen LogP contribution is 2.31. The summed E-state index contributed by atoms with van der Waals surface area (Å²) in [6.45, 7) is 4.44. The second-order valence-electron chi connectivity index (χ2n) is 3.96. The Kier molecular flexibility index (Phi) is 3.95. The predicted octanol–water partition coefficient (Wildman–Crippen LogP) is 1.70. The largest absolute Gasteiger partial charge is 0.472 e. The fraction of sp³-hybridized carbons (Fsp3) is 0.455. The number of aryl methyl sites for hydroxylation is 1. The molecule has 2 aromatic heterocycles. The van der Waals surface area contributed by atoms with Crippen LogP contribution in [0, 0.1) is 6.92 Å². The summed E-state index contributed by atoms with van der Waals surface area (Å²) in [5, 5.41) is 0.902. The van der Waals surface area contributed by atoms with Crippen molar-refractivity contribution in [3.63, 3.8) is 0 Å². The van der Waals surface area contributed by atoms with Gasteiger partial charge in [0.2, 0.25) is 11.8 Å². The summed E-state index contributed by atoms with van der Waals surface area (Å²) < 4.78 is 10.8. The van der Waals surface area contributed by atoms with Gasteiger partial charge in [0.25, 0.3) is 0 Å². The number of aromatic nitrogens is 2. The molecule has 98 valence electrons. The van der Waals surface area contributed by atoms with Crippen molar-refractivity contribution in [2.24, 2.45) is 5.84 Å². The number of nitrogens with two attached hydrogens (primary N) is 1. The number of thiophene rings is 1. The zero-order chi connectivity index (χ0) is 13.1. The first-order valence-corrected chi connectivity index (χ1v) is 6.36. The third kappa shape index (κ3) is 2.69. The Morgan fingerprint density at radius 2 is 2.28 bits per heavy atom. The van der Waals surface area contributed by atoms with Gasteiger partial charge in [0.15, 0.2) is 0 Å². The van der Waals surface area contributed by atoms with Crippen LogP contribution in [-0.2, 0) is 4.74 Å². The highest BCUT2D eigenvalue weighted by molar-refractivity contribution is 7.18. The molecule has 2 aromatic rings. The van der Waals surface area contributed by atoms with Crippen molar-refractivity contribution in [1.82, 2.24) is 9.97 Å². The molecule has 2 heterocycles. The molecule has 0 spiro atoms. The average molecular weight is 268 g/mol. The maximum Gasteiger partial charge on any atom is 0.241 e. The van der Waals surface area contributed by atoms with Crippen LogP contribution >= 0.6 is 11.3 Å². The smallest absolute Gasteiger partial charge is 0.241 e. The number of nitrogen functional groups attached to an aromatic ring is 1. The minimum Gasteiger partial charge on any atom is -0.472 e. The predicted molar refractivity (Wildman–Crippen MR) is 71.9 cm³/mol. The van der Waals surface area contributed by atoms with Crippen LogP contribution in [0.15, 0.2) is 6.07 Å². The van der Waals surface area contributed by atoms with E-state index in [0.29, 0.717) is 18.4 Å². The average Bonchev–Trinajstić information content (AvgIpc) is 2.69. The maximum absolute atomic E-state index is 5.76. The molecule has 0 fully saturated rings. The van der Waals surface area contributed by atoms with Crippen LogP contribution in [0.25, 0.3) is 10.2 Å². The van der Waals surface area contributed by atoms with Crippen molar-refractivity contribution in [2.75, 3.05) is 19.1 Å². The molecule has 7 heteroatoms.